The van der Waals surface area contributed by atoms with Crippen LogP contribution in [0.25, 0.3) is 16.9 Å². The fourth-order valence-electron chi connectivity index (χ4n) is 4.01. The fraction of sp³-hybridized carbons (Fsp3) is 0.0800. The van der Waals surface area contributed by atoms with Crippen molar-refractivity contribution in [1.82, 2.24) is 14.8 Å². The van der Waals surface area contributed by atoms with Gasteiger partial charge in [0.1, 0.15) is 0 Å². The molecule has 1 aliphatic heterocycles. The zero-order chi connectivity index (χ0) is 22.2. The molecule has 1 aliphatic rings. The molecule has 1 aromatic carbocycles. The summed E-state index contributed by atoms with van der Waals surface area (Å²) in [6, 6.07) is 19.2. The highest BCUT2D eigenvalue weighted by Gasteiger charge is 2.37. The molecule has 0 saturated carbocycles. The maximum absolute atomic E-state index is 13.4. The quantitative estimate of drug-likeness (QED) is 0.305. The van der Waals surface area contributed by atoms with E-state index in [-0.39, 0.29) is 17.7 Å². The standard InChI is InChI=1S/C25H18N4O2S2/c30-25(22-8-4-11-31-22)29-21(14-20(26-29)23-9-5-12-33-23)19-15-28(18-6-2-1-3-7-18)27-24(19)17-10-13-32-16-17/h1-13,15-16,21H,14H2/t21-/m1/s1. The van der Waals surface area contributed by atoms with Gasteiger partial charge in [0.2, 0.25) is 0 Å². The topological polar surface area (TPSA) is 63.6 Å². The lowest BCUT2D eigenvalue weighted by Gasteiger charge is -2.20. The Balaban J connectivity index is 1.48. The summed E-state index contributed by atoms with van der Waals surface area (Å²) in [6.07, 6.45) is 4.12. The Hall–Kier alpha value is -3.75. The van der Waals surface area contributed by atoms with Crippen molar-refractivity contribution in [2.75, 3.05) is 0 Å². The molecule has 33 heavy (non-hydrogen) atoms. The van der Waals surface area contributed by atoms with E-state index >= 15 is 0 Å². The minimum atomic E-state index is -0.299. The van der Waals surface area contributed by atoms with Crippen molar-refractivity contribution in [1.29, 1.82) is 0 Å². The molecule has 4 aromatic heterocycles. The summed E-state index contributed by atoms with van der Waals surface area (Å²) < 4.78 is 7.29. The van der Waals surface area contributed by atoms with Crippen LogP contribution in [0.15, 0.2) is 98.8 Å². The van der Waals surface area contributed by atoms with E-state index in [1.807, 2.05) is 64.1 Å². The number of thiophene rings is 2. The van der Waals surface area contributed by atoms with E-state index in [1.165, 1.54) is 6.26 Å². The summed E-state index contributed by atoms with van der Waals surface area (Å²) in [5.74, 6) is 0.00370. The third kappa shape index (κ3) is 3.63. The molecule has 0 bridgehead atoms. The highest BCUT2D eigenvalue weighted by Crippen LogP contribution is 2.40. The average molecular weight is 471 g/mol. The zero-order valence-corrected chi connectivity index (χ0v) is 19.0. The van der Waals surface area contributed by atoms with Crippen molar-refractivity contribution in [3.8, 4) is 16.9 Å². The zero-order valence-electron chi connectivity index (χ0n) is 17.4. The summed E-state index contributed by atoms with van der Waals surface area (Å²) in [5.41, 5.74) is 4.68. The smallest absolute Gasteiger partial charge is 0.310 e. The van der Waals surface area contributed by atoms with Crippen molar-refractivity contribution in [3.63, 3.8) is 0 Å². The molecule has 6 nitrogen and oxygen atoms in total. The number of hydrogen-bond acceptors (Lipinski definition) is 6. The molecule has 0 fully saturated rings. The molecule has 162 valence electrons. The largest absolute Gasteiger partial charge is 0.459 e. The van der Waals surface area contributed by atoms with E-state index in [0.717, 1.165) is 33.1 Å². The monoisotopic (exact) mass is 470 g/mol. The highest BCUT2D eigenvalue weighted by atomic mass is 32.1. The summed E-state index contributed by atoms with van der Waals surface area (Å²) >= 11 is 3.24. The molecular formula is C25H18N4O2S2. The van der Waals surface area contributed by atoms with Crippen molar-refractivity contribution >= 4 is 34.3 Å². The molecule has 1 amide bonds. The second-order valence-electron chi connectivity index (χ2n) is 7.60. The summed E-state index contributed by atoms with van der Waals surface area (Å²) in [4.78, 5) is 14.4. The first kappa shape index (κ1) is 19.9. The molecule has 1 atom stereocenters. The second-order valence-corrected chi connectivity index (χ2v) is 9.32. The van der Waals surface area contributed by atoms with Crippen LogP contribution in [0, 0.1) is 0 Å². The third-order valence-electron chi connectivity index (χ3n) is 5.57. The Bertz CT molecular complexity index is 1400. The Morgan fingerprint density at radius 2 is 1.94 bits per heavy atom. The number of para-hydroxylation sites is 1. The van der Waals surface area contributed by atoms with Gasteiger partial charge in [0.25, 0.3) is 0 Å². The number of hydrazone groups is 1. The lowest BCUT2D eigenvalue weighted by atomic mass is 9.99. The second kappa shape index (κ2) is 8.31. The third-order valence-corrected chi connectivity index (χ3v) is 7.17. The van der Waals surface area contributed by atoms with E-state index < -0.39 is 0 Å². The molecule has 6 rings (SSSR count). The van der Waals surface area contributed by atoms with Gasteiger partial charge in [-0.1, -0.05) is 24.3 Å². The van der Waals surface area contributed by atoms with Crippen LogP contribution < -0.4 is 0 Å². The average Bonchev–Trinajstić information content (AvgIpc) is 3.69. The van der Waals surface area contributed by atoms with Crippen molar-refractivity contribution in [2.45, 2.75) is 12.5 Å². The number of hydrogen-bond donors (Lipinski definition) is 0. The maximum Gasteiger partial charge on any atom is 0.310 e. The highest BCUT2D eigenvalue weighted by molar-refractivity contribution is 7.12. The van der Waals surface area contributed by atoms with Crippen LogP contribution in [0.1, 0.15) is 33.5 Å². The molecular weight excluding hydrogens is 452 g/mol. The first-order valence-corrected chi connectivity index (χ1v) is 12.3. The predicted molar refractivity (Wildman–Crippen MR) is 130 cm³/mol. The normalized spacial score (nSPS) is 15.7. The van der Waals surface area contributed by atoms with Gasteiger partial charge in [-0.15, -0.1) is 11.3 Å². The first-order chi connectivity index (χ1) is 16.3. The Morgan fingerprint density at radius 3 is 2.67 bits per heavy atom. The van der Waals surface area contributed by atoms with Gasteiger partial charge < -0.3 is 4.42 Å². The summed E-state index contributed by atoms with van der Waals surface area (Å²) in [5, 5.41) is 17.4. The van der Waals surface area contributed by atoms with Gasteiger partial charge >= 0.3 is 5.91 Å². The number of benzene rings is 1. The Kier molecular flexibility index (Phi) is 5.01. The van der Waals surface area contributed by atoms with E-state index in [1.54, 1.807) is 39.8 Å². The minimum absolute atomic E-state index is 0.264. The lowest BCUT2D eigenvalue weighted by Crippen LogP contribution is -2.26. The van der Waals surface area contributed by atoms with Gasteiger partial charge in [0.15, 0.2) is 5.76 Å². The molecule has 5 aromatic rings. The summed E-state index contributed by atoms with van der Waals surface area (Å²) in [6.45, 7) is 0. The van der Waals surface area contributed by atoms with Crippen LogP contribution in [0.4, 0.5) is 0 Å². The predicted octanol–water partition coefficient (Wildman–Crippen LogP) is 6.25. The van der Waals surface area contributed by atoms with Gasteiger partial charge in [-0.05, 0) is 47.2 Å². The maximum atomic E-state index is 13.4. The van der Waals surface area contributed by atoms with Crippen LogP contribution in [0.5, 0.6) is 0 Å². The Labute approximate surface area is 198 Å². The van der Waals surface area contributed by atoms with Gasteiger partial charge in [0, 0.05) is 29.1 Å². The number of carbonyl (C=O) groups excluding carboxylic acids is 1. The van der Waals surface area contributed by atoms with Gasteiger partial charge in [0.05, 0.1) is 34.3 Å². The van der Waals surface area contributed by atoms with E-state index in [2.05, 4.69) is 11.4 Å². The van der Waals surface area contributed by atoms with Crippen LogP contribution in [0.2, 0.25) is 0 Å². The number of aromatic nitrogens is 2. The van der Waals surface area contributed by atoms with Gasteiger partial charge in [-0.2, -0.15) is 21.5 Å². The number of nitrogens with zero attached hydrogens (tertiary/aromatic N) is 4. The van der Waals surface area contributed by atoms with Crippen LogP contribution in [-0.4, -0.2) is 26.4 Å². The van der Waals surface area contributed by atoms with Crippen molar-refractivity contribution < 1.29 is 9.21 Å². The van der Waals surface area contributed by atoms with Crippen LogP contribution >= 0.6 is 22.7 Å². The molecule has 0 saturated heterocycles. The summed E-state index contributed by atoms with van der Waals surface area (Å²) in [7, 11) is 0. The number of rotatable bonds is 5. The number of furan rings is 1. The number of amides is 1. The Morgan fingerprint density at radius 1 is 1.03 bits per heavy atom. The molecule has 0 N–H and O–H groups in total. The molecule has 0 unspecified atom stereocenters. The molecule has 0 spiro atoms. The van der Waals surface area contributed by atoms with E-state index in [4.69, 9.17) is 14.6 Å². The van der Waals surface area contributed by atoms with Gasteiger partial charge in [-0.25, -0.2) is 9.69 Å². The van der Waals surface area contributed by atoms with Gasteiger partial charge in [-0.3, -0.25) is 4.79 Å². The molecule has 5 heterocycles. The van der Waals surface area contributed by atoms with Crippen LogP contribution in [0.3, 0.4) is 0 Å². The van der Waals surface area contributed by atoms with E-state index in [9.17, 15) is 4.79 Å². The van der Waals surface area contributed by atoms with Crippen molar-refractivity contribution in [3.05, 3.63) is 105 Å². The fourth-order valence-corrected chi connectivity index (χ4v) is 5.37. The lowest BCUT2D eigenvalue weighted by molar-refractivity contribution is 0.0679. The first-order valence-electron chi connectivity index (χ1n) is 10.4. The molecule has 0 radical (unpaired) electrons. The molecule has 8 heteroatoms. The number of carbonyl (C=O) groups is 1. The van der Waals surface area contributed by atoms with Crippen molar-refractivity contribution in [2.24, 2.45) is 5.10 Å². The SMILES string of the molecule is O=C(c1ccco1)N1N=C(c2cccs2)C[C@@H]1c1cn(-c2ccccc2)nc1-c1ccsc1. The van der Waals surface area contributed by atoms with E-state index in [0.29, 0.717) is 6.42 Å². The molecule has 0 aliphatic carbocycles. The minimum Gasteiger partial charge on any atom is -0.459 e. The van der Waals surface area contributed by atoms with Crippen LogP contribution in [-0.2, 0) is 0 Å².